The third kappa shape index (κ3) is 2.55. The maximum Gasteiger partial charge on any atom is 0.161 e. The molecule has 1 fully saturated rings. The number of ether oxygens (including phenoxy) is 1. The minimum Gasteiger partial charge on any atom is -0.504 e. The number of aromatic hydroxyl groups is 1. The number of Topliss-reactive ketones (excluding diaryl/α,β-unsaturated/α-hetero) is 1. The Labute approximate surface area is 107 Å². The highest BCUT2D eigenvalue weighted by atomic mass is 16.5. The lowest BCUT2D eigenvalue weighted by Gasteiger charge is -2.19. The predicted octanol–water partition coefficient (Wildman–Crippen LogP) is 3.17. The molecule has 1 atom stereocenters. The zero-order valence-electron chi connectivity index (χ0n) is 10.8. The number of hydrogen-bond acceptors (Lipinski definition) is 3. The van der Waals surface area contributed by atoms with Crippen LogP contribution in [-0.2, 0) is 4.79 Å². The van der Waals surface area contributed by atoms with Gasteiger partial charge in [0.1, 0.15) is 0 Å². The molecule has 0 radical (unpaired) electrons. The number of rotatable bonds is 2. The highest BCUT2D eigenvalue weighted by Gasteiger charge is 2.22. The van der Waals surface area contributed by atoms with E-state index in [9.17, 15) is 9.90 Å². The van der Waals surface area contributed by atoms with Crippen molar-refractivity contribution in [2.75, 3.05) is 7.11 Å². The first-order chi connectivity index (χ1) is 8.61. The van der Waals surface area contributed by atoms with Crippen molar-refractivity contribution in [2.24, 2.45) is 5.92 Å². The first-order valence-corrected chi connectivity index (χ1v) is 6.23. The molecule has 1 aliphatic carbocycles. The fourth-order valence-electron chi connectivity index (χ4n) is 2.31. The molecule has 2 rings (SSSR count). The van der Waals surface area contributed by atoms with Crippen molar-refractivity contribution < 1.29 is 14.6 Å². The minimum absolute atomic E-state index is 0.100. The molecule has 1 aromatic carbocycles. The Bertz CT molecular complexity index is 489. The Morgan fingerprint density at radius 2 is 2.22 bits per heavy atom. The van der Waals surface area contributed by atoms with Crippen LogP contribution in [0.15, 0.2) is 23.8 Å². The van der Waals surface area contributed by atoms with Gasteiger partial charge < -0.3 is 9.84 Å². The quantitative estimate of drug-likeness (QED) is 0.815. The van der Waals surface area contributed by atoms with E-state index in [0.29, 0.717) is 5.75 Å². The van der Waals surface area contributed by atoms with Crippen LogP contribution in [0.25, 0.3) is 6.08 Å². The van der Waals surface area contributed by atoms with Crippen molar-refractivity contribution in [3.05, 3.63) is 29.3 Å². The molecule has 0 unspecified atom stereocenters. The van der Waals surface area contributed by atoms with E-state index in [2.05, 4.69) is 0 Å². The number of carbonyl (C=O) groups excluding carboxylic acids is 1. The smallest absolute Gasteiger partial charge is 0.161 e. The van der Waals surface area contributed by atoms with Crippen LogP contribution in [-0.4, -0.2) is 18.0 Å². The lowest BCUT2D eigenvalue weighted by molar-refractivity contribution is -0.119. The summed E-state index contributed by atoms with van der Waals surface area (Å²) in [6, 6.07) is 5.18. The molecule has 1 aromatic rings. The Balaban J connectivity index is 2.27. The molecule has 0 saturated heterocycles. The molecule has 1 N–H and O–H groups in total. The Hall–Kier alpha value is -1.77. The summed E-state index contributed by atoms with van der Waals surface area (Å²) in [7, 11) is 1.51. The fourth-order valence-corrected chi connectivity index (χ4v) is 2.31. The number of ketones is 1. The van der Waals surface area contributed by atoms with Gasteiger partial charge >= 0.3 is 0 Å². The molecule has 0 aromatic heterocycles. The molecule has 0 heterocycles. The summed E-state index contributed by atoms with van der Waals surface area (Å²) in [6.07, 6.45) is 4.73. The van der Waals surface area contributed by atoms with Crippen molar-refractivity contribution in [2.45, 2.75) is 26.2 Å². The first-order valence-electron chi connectivity index (χ1n) is 6.23. The average Bonchev–Trinajstić information content (AvgIpc) is 2.35. The van der Waals surface area contributed by atoms with Gasteiger partial charge in [-0.1, -0.05) is 13.0 Å². The van der Waals surface area contributed by atoms with E-state index < -0.39 is 0 Å². The molecular formula is C15H18O3. The molecule has 0 amide bonds. The van der Waals surface area contributed by atoms with E-state index >= 15 is 0 Å². The molecule has 1 saturated carbocycles. The van der Waals surface area contributed by atoms with E-state index in [1.54, 1.807) is 12.1 Å². The number of benzene rings is 1. The SMILES string of the molecule is COc1ccc(/C=C2\CCC[C@H](C)C2=O)cc1O. The van der Waals surface area contributed by atoms with Crippen LogP contribution >= 0.6 is 0 Å². The van der Waals surface area contributed by atoms with Gasteiger partial charge in [-0.2, -0.15) is 0 Å². The maximum atomic E-state index is 12.0. The summed E-state index contributed by atoms with van der Waals surface area (Å²) in [5.41, 5.74) is 1.70. The van der Waals surface area contributed by atoms with Gasteiger partial charge in [0.2, 0.25) is 0 Å². The zero-order valence-corrected chi connectivity index (χ0v) is 10.8. The van der Waals surface area contributed by atoms with Gasteiger partial charge in [-0.25, -0.2) is 0 Å². The van der Waals surface area contributed by atoms with Gasteiger partial charge in [-0.15, -0.1) is 0 Å². The molecular weight excluding hydrogens is 228 g/mol. The highest BCUT2D eigenvalue weighted by molar-refractivity contribution is 6.01. The minimum atomic E-state index is 0.100. The molecule has 1 aliphatic rings. The van der Waals surface area contributed by atoms with Gasteiger partial charge in [0.05, 0.1) is 7.11 Å². The molecule has 3 nitrogen and oxygen atoms in total. The lowest BCUT2D eigenvalue weighted by atomic mass is 9.84. The lowest BCUT2D eigenvalue weighted by Crippen LogP contribution is -2.18. The van der Waals surface area contributed by atoms with Crippen molar-refractivity contribution in [3.8, 4) is 11.5 Å². The number of hydrogen-bond donors (Lipinski definition) is 1. The van der Waals surface area contributed by atoms with Gasteiger partial charge in [0.15, 0.2) is 17.3 Å². The third-order valence-corrected chi connectivity index (χ3v) is 3.39. The second-order valence-corrected chi connectivity index (χ2v) is 4.76. The number of carbonyl (C=O) groups is 1. The maximum absolute atomic E-state index is 12.0. The summed E-state index contributed by atoms with van der Waals surface area (Å²) < 4.78 is 4.99. The van der Waals surface area contributed by atoms with Crippen LogP contribution in [0.2, 0.25) is 0 Å². The predicted molar refractivity (Wildman–Crippen MR) is 70.7 cm³/mol. The van der Waals surface area contributed by atoms with Crippen LogP contribution in [0.5, 0.6) is 11.5 Å². The summed E-state index contributed by atoms with van der Waals surface area (Å²) in [5, 5.41) is 9.70. The monoisotopic (exact) mass is 246 g/mol. The third-order valence-electron chi connectivity index (χ3n) is 3.39. The topological polar surface area (TPSA) is 46.5 Å². The molecule has 3 heteroatoms. The van der Waals surface area contributed by atoms with Gasteiger partial charge in [0.25, 0.3) is 0 Å². The van der Waals surface area contributed by atoms with E-state index in [1.165, 1.54) is 7.11 Å². The summed E-state index contributed by atoms with van der Waals surface area (Å²) >= 11 is 0. The molecule has 18 heavy (non-hydrogen) atoms. The van der Waals surface area contributed by atoms with Crippen molar-refractivity contribution in [1.29, 1.82) is 0 Å². The Kier molecular flexibility index (Phi) is 3.70. The second kappa shape index (κ2) is 5.25. The van der Waals surface area contributed by atoms with Gasteiger partial charge in [0, 0.05) is 5.92 Å². The fraction of sp³-hybridized carbons (Fsp3) is 0.400. The normalized spacial score (nSPS) is 22.2. The van der Waals surface area contributed by atoms with E-state index in [-0.39, 0.29) is 17.5 Å². The van der Waals surface area contributed by atoms with Crippen LogP contribution in [0, 0.1) is 5.92 Å². The summed E-state index contributed by atoms with van der Waals surface area (Å²) in [6.45, 7) is 1.97. The van der Waals surface area contributed by atoms with E-state index in [4.69, 9.17) is 4.74 Å². The molecule has 0 aliphatic heterocycles. The summed E-state index contributed by atoms with van der Waals surface area (Å²) in [5.74, 6) is 0.900. The van der Waals surface area contributed by atoms with Crippen molar-refractivity contribution >= 4 is 11.9 Å². The molecule has 0 spiro atoms. The Morgan fingerprint density at radius 1 is 1.44 bits per heavy atom. The largest absolute Gasteiger partial charge is 0.504 e. The molecule has 96 valence electrons. The molecule has 0 bridgehead atoms. The van der Waals surface area contributed by atoms with Gasteiger partial charge in [-0.3, -0.25) is 4.79 Å². The second-order valence-electron chi connectivity index (χ2n) is 4.76. The number of phenols is 1. The summed E-state index contributed by atoms with van der Waals surface area (Å²) in [4.78, 5) is 12.0. The standard InChI is InChI=1S/C15H18O3/c1-10-4-3-5-12(15(10)17)8-11-6-7-14(18-2)13(16)9-11/h6-10,16H,3-5H2,1-2H3/b12-8+/t10-/m0/s1. The number of phenolic OH excluding ortho intramolecular Hbond substituents is 1. The van der Waals surface area contributed by atoms with Crippen LogP contribution in [0.3, 0.4) is 0 Å². The zero-order chi connectivity index (χ0) is 13.1. The van der Waals surface area contributed by atoms with E-state index in [0.717, 1.165) is 30.4 Å². The number of methoxy groups -OCH3 is 1. The highest BCUT2D eigenvalue weighted by Crippen LogP contribution is 2.30. The Morgan fingerprint density at radius 3 is 2.89 bits per heavy atom. The first kappa shape index (κ1) is 12.7. The van der Waals surface area contributed by atoms with Gasteiger partial charge in [-0.05, 0) is 48.6 Å². The van der Waals surface area contributed by atoms with Crippen molar-refractivity contribution in [3.63, 3.8) is 0 Å². The van der Waals surface area contributed by atoms with Crippen LogP contribution < -0.4 is 4.74 Å². The van der Waals surface area contributed by atoms with Crippen LogP contribution in [0.1, 0.15) is 31.7 Å². The van der Waals surface area contributed by atoms with E-state index in [1.807, 2.05) is 19.1 Å². The van der Waals surface area contributed by atoms with Crippen LogP contribution in [0.4, 0.5) is 0 Å². The van der Waals surface area contributed by atoms with Crippen molar-refractivity contribution in [1.82, 2.24) is 0 Å². The average molecular weight is 246 g/mol. The number of allylic oxidation sites excluding steroid dienone is 1.